The Morgan fingerprint density at radius 1 is 1.05 bits per heavy atom. The highest BCUT2D eigenvalue weighted by atomic mass is 32.2. The molecule has 1 aromatic heterocycles. The van der Waals surface area contributed by atoms with E-state index in [4.69, 9.17) is 10.2 Å². The molecule has 0 atom stereocenters. The molecule has 1 aromatic carbocycles. The summed E-state index contributed by atoms with van der Waals surface area (Å²) in [6, 6.07) is 5.59. The fourth-order valence-corrected chi connectivity index (χ4v) is 3.22. The van der Waals surface area contributed by atoms with E-state index in [0.717, 1.165) is 27.8 Å². The first kappa shape index (κ1) is 16.2. The Bertz CT molecular complexity index is 539. The first-order chi connectivity index (χ1) is 10.3. The molecule has 2 aromatic rings. The summed E-state index contributed by atoms with van der Waals surface area (Å²) in [5, 5.41) is 0.763. The Hall–Kier alpha value is -1.16. The topological polar surface area (TPSA) is 52.0 Å². The third kappa shape index (κ3) is 5.62. The fraction of sp³-hybridized carbons (Fsp3) is 0.588. The summed E-state index contributed by atoms with van der Waals surface area (Å²) in [5.74, 6) is 1.08. The highest BCUT2D eigenvalue weighted by Crippen LogP contribution is 2.25. The van der Waals surface area contributed by atoms with Gasteiger partial charge in [-0.05, 0) is 24.6 Å². The van der Waals surface area contributed by atoms with Crippen molar-refractivity contribution in [1.29, 1.82) is 0 Å². The maximum Gasteiger partial charge on any atom is 0.256 e. The number of oxazole rings is 1. The molecule has 1 heterocycles. The van der Waals surface area contributed by atoms with Crippen LogP contribution in [-0.2, 0) is 0 Å². The molecule has 116 valence electrons. The average Bonchev–Trinajstić information content (AvgIpc) is 2.87. The van der Waals surface area contributed by atoms with E-state index in [1.54, 1.807) is 11.8 Å². The lowest BCUT2D eigenvalue weighted by Crippen LogP contribution is -1.83. The Labute approximate surface area is 131 Å². The number of rotatable bonds is 10. The minimum Gasteiger partial charge on any atom is -0.431 e. The predicted octanol–water partition coefficient (Wildman–Crippen LogP) is 5.64. The van der Waals surface area contributed by atoms with Crippen LogP contribution in [0, 0.1) is 0 Å². The van der Waals surface area contributed by atoms with E-state index in [1.807, 2.05) is 18.2 Å². The van der Waals surface area contributed by atoms with Crippen LogP contribution in [-0.4, -0.2) is 10.7 Å². The molecule has 4 heteroatoms. The van der Waals surface area contributed by atoms with Gasteiger partial charge < -0.3 is 10.2 Å². The second kappa shape index (κ2) is 8.98. The molecule has 2 rings (SSSR count). The minimum absolute atomic E-state index is 0.732. The van der Waals surface area contributed by atoms with Gasteiger partial charge in [0.15, 0.2) is 5.58 Å². The van der Waals surface area contributed by atoms with Crippen LogP contribution in [0.15, 0.2) is 27.8 Å². The van der Waals surface area contributed by atoms with E-state index in [-0.39, 0.29) is 0 Å². The number of anilines is 1. The molecule has 0 aliphatic rings. The number of nitrogens with two attached hydrogens (primary N) is 1. The number of fused-ring (bicyclic) bond motifs is 1. The molecule has 0 fully saturated rings. The number of nitrogen functional groups attached to an aromatic ring is 1. The molecule has 0 saturated carbocycles. The van der Waals surface area contributed by atoms with Gasteiger partial charge in [-0.15, -0.1) is 0 Å². The van der Waals surface area contributed by atoms with Gasteiger partial charge in [-0.25, -0.2) is 4.98 Å². The Morgan fingerprint density at radius 3 is 2.52 bits per heavy atom. The number of thioether (sulfide) groups is 1. The van der Waals surface area contributed by atoms with Gasteiger partial charge >= 0.3 is 0 Å². The molecule has 0 aliphatic heterocycles. The standard InChI is InChI=1S/C17H26N2OS/c1-2-3-4-5-6-7-8-9-12-21-17-19-15-13-14(18)10-11-16(15)20-17/h10-11,13H,2-9,12,18H2,1H3. The smallest absolute Gasteiger partial charge is 0.256 e. The van der Waals surface area contributed by atoms with Gasteiger partial charge in [-0.1, -0.05) is 63.6 Å². The number of benzene rings is 1. The van der Waals surface area contributed by atoms with Crippen LogP contribution in [0.2, 0.25) is 0 Å². The first-order valence-electron chi connectivity index (χ1n) is 8.08. The molecule has 0 spiro atoms. The number of hydrogen-bond donors (Lipinski definition) is 1. The first-order valence-corrected chi connectivity index (χ1v) is 9.07. The molecule has 3 nitrogen and oxygen atoms in total. The summed E-state index contributed by atoms with van der Waals surface area (Å²) in [5.41, 5.74) is 8.15. The van der Waals surface area contributed by atoms with Crippen molar-refractivity contribution in [3.63, 3.8) is 0 Å². The van der Waals surface area contributed by atoms with Crippen molar-refractivity contribution in [2.24, 2.45) is 0 Å². The van der Waals surface area contributed by atoms with E-state index in [2.05, 4.69) is 11.9 Å². The number of hydrogen-bond acceptors (Lipinski definition) is 4. The number of unbranched alkanes of at least 4 members (excludes halogenated alkanes) is 7. The van der Waals surface area contributed by atoms with Crippen molar-refractivity contribution in [3.05, 3.63) is 18.2 Å². The lowest BCUT2D eigenvalue weighted by atomic mass is 10.1. The summed E-state index contributed by atoms with van der Waals surface area (Å²) in [6.45, 7) is 2.26. The molecule has 0 bridgehead atoms. The van der Waals surface area contributed by atoms with Crippen molar-refractivity contribution in [1.82, 2.24) is 4.98 Å². The van der Waals surface area contributed by atoms with E-state index < -0.39 is 0 Å². The third-order valence-electron chi connectivity index (χ3n) is 3.62. The second-order valence-corrected chi connectivity index (χ2v) is 6.58. The zero-order valence-corrected chi connectivity index (χ0v) is 13.8. The van der Waals surface area contributed by atoms with Crippen LogP contribution in [0.1, 0.15) is 58.3 Å². The third-order valence-corrected chi connectivity index (χ3v) is 4.53. The van der Waals surface area contributed by atoms with Crippen LogP contribution < -0.4 is 5.73 Å². The predicted molar refractivity (Wildman–Crippen MR) is 91.8 cm³/mol. The quantitative estimate of drug-likeness (QED) is 0.350. The molecular weight excluding hydrogens is 280 g/mol. The van der Waals surface area contributed by atoms with Crippen molar-refractivity contribution in [2.75, 3.05) is 11.5 Å². The fourth-order valence-electron chi connectivity index (χ4n) is 2.38. The molecule has 0 saturated heterocycles. The van der Waals surface area contributed by atoms with Gasteiger partial charge in [0.25, 0.3) is 5.22 Å². The summed E-state index contributed by atoms with van der Waals surface area (Å²) >= 11 is 1.71. The molecule has 0 aliphatic carbocycles. The minimum atomic E-state index is 0.732. The largest absolute Gasteiger partial charge is 0.431 e. The van der Waals surface area contributed by atoms with E-state index in [1.165, 1.54) is 51.4 Å². The Balaban J connectivity index is 1.59. The molecule has 0 unspecified atom stereocenters. The summed E-state index contributed by atoms with van der Waals surface area (Å²) in [4.78, 5) is 4.46. The van der Waals surface area contributed by atoms with Crippen LogP contribution in [0.25, 0.3) is 11.1 Å². The van der Waals surface area contributed by atoms with Crippen molar-refractivity contribution in [2.45, 2.75) is 63.5 Å². The van der Waals surface area contributed by atoms with Crippen molar-refractivity contribution in [3.8, 4) is 0 Å². The Kier molecular flexibility index (Phi) is 6.93. The van der Waals surface area contributed by atoms with Gasteiger partial charge in [0, 0.05) is 11.4 Å². The van der Waals surface area contributed by atoms with E-state index in [9.17, 15) is 0 Å². The van der Waals surface area contributed by atoms with Crippen molar-refractivity contribution < 1.29 is 4.42 Å². The maximum absolute atomic E-state index is 5.74. The number of aromatic nitrogens is 1. The monoisotopic (exact) mass is 306 g/mol. The second-order valence-electron chi connectivity index (χ2n) is 5.53. The van der Waals surface area contributed by atoms with Gasteiger partial charge in [0.1, 0.15) is 5.52 Å². The highest BCUT2D eigenvalue weighted by molar-refractivity contribution is 7.99. The zero-order valence-electron chi connectivity index (χ0n) is 12.9. The highest BCUT2D eigenvalue weighted by Gasteiger charge is 2.06. The molecule has 2 N–H and O–H groups in total. The van der Waals surface area contributed by atoms with E-state index in [0.29, 0.717) is 0 Å². The summed E-state index contributed by atoms with van der Waals surface area (Å²) < 4.78 is 5.69. The normalized spacial score (nSPS) is 11.3. The lowest BCUT2D eigenvalue weighted by molar-refractivity contribution is 0.489. The van der Waals surface area contributed by atoms with Crippen LogP contribution in [0.3, 0.4) is 0 Å². The lowest BCUT2D eigenvalue weighted by Gasteiger charge is -2.00. The summed E-state index contributed by atoms with van der Waals surface area (Å²) in [7, 11) is 0. The number of nitrogens with zero attached hydrogens (tertiary/aromatic N) is 1. The van der Waals surface area contributed by atoms with Crippen molar-refractivity contribution >= 4 is 28.5 Å². The maximum atomic E-state index is 5.74. The van der Waals surface area contributed by atoms with Gasteiger partial charge in [0.05, 0.1) is 0 Å². The van der Waals surface area contributed by atoms with Gasteiger partial charge in [0.2, 0.25) is 0 Å². The molecule has 0 radical (unpaired) electrons. The van der Waals surface area contributed by atoms with Gasteiger partial charge in [-0.2, -0.15) is 0 Å². The molecule has 0 amide bonds. The molecule has 21 heavy (non-hydrogen) atoms. The summed E-state index contributed by atoms with van der Waals surface area (Å²) in [6.07, 6.45) is 10.8. The average molecular weight is 306 g/mol. The SMILES string of the molecule is CCCCCCCCCCSc1nc2cc(N)ccc2o1. The molecular formula is C17H26N2OS. The van der Waals surface area contributed by atoms with Crippen LogP contribution in [0.4, 0.5) is 5.69 Å². The zero-order chi connectivity index (χ0) is 14.9. The van der Waals surface area contributed by atoms with E-state index >= 15 is 0 Å². The Morgan fingerprint density at radius 2 is 1.76 bits per heavy atom. The van der Waals surface area contributed by atoms with Crippen LogP contribution in [0.5, 0.6) is 0 Å². The van der Waals surface area contributed by atoms with Crippen LogP contribution >= 0.6 is 11.8 Å². The van der Waals surface area contributed by atoms with Gasteiger partial charge in [-0.3, -0.25) is 0 Å².